The molecule has 1 rings (SSSR count). The zero-order valence-corrected chi connectivity index (χ0v) is 8.37. The Bertz CT molecular complexity index is 241. The lowest BCUT2D eigenvalue weighted by Crippen LogP contribution is -2.44. The van der Waals surface area contributed by atoms with Crippen LogP contribution in [0.15, 0.2) is 23.0 Å². The van der Waals surface area contributed by atoms with E-state index in [1.54, 1.807) is 25.5 Å². The van der Waals surface area contributed by atoms with Crippen LogP contribution < -0.4 is 5.32 Å². The summed E-state index contributed by atoms with van der Waals surface area (Å²) in [5, 5.41) is 13.3. The van der Waals surface area contributed by atoms with Crippen molar-refractivity contribution in [2.24, 2.45) is 0 Å². The number of nitrogens with one attached hydrogen (secondary N) is 1. The van der Waals surface area contributed by atoms with Crippen molar-refractivity contribution in [2.45, 2.75) is 32.4 Å². The Labute approximate surface area is 78.8 Å². The summed E-state index contributed by atoms with van der Waals surface area (Å²) in [5.74, 6) is 0. The van der Waals surface area contributed by atoms with Gasteiger partial charge >= 0.3 is 0 Å². The third-order valence-electron chi connectivity index (χ3n) is 2.46. The molecule has 74 valence electrons. The number of aliphatic hydroxyl groups is 1. The fourth-order valence-electron chi connectivity index (χ4n) is 1.31. The zero-order chi connectivity index (χ0) is 9.90. The fourth-order valence-corrected chi connectivity index (χ4v) is 1.31. The quantitative estimate of drug-likeness (QED) is 0.743. The van der Waals surface area contributed by atoms with Gasteiger partial charge in [-0.3, -0.25) is 0 Å². The number of rotatable bonds is 4. The third-order valence-corrected chi connectivity index (χ3v) is 2.46. The number of furan rings is 1. The van der Waals surface area contributed by atoms with Gasteiger partial charge in [-0.05, 0) is 26.5 Å². The predicted molar refractivity (Wildman–Crippen MR) is 51.4 cm³/mol. The van der Waals surface area contributed by atoms with Crippen LogP contribution in [-0.4, -0.2) is 17.7 Å². The highest BCUT2D eigenvalue weighted by Crippen LogP contribution is 2.24. The van der Waals surface area contributed by atoms with Gasteiger partial charge in [0.25, 0.3) is 0 Å². The summed E-state index contributed by atoms with van der Waals surface area (Å²) in [6.45, 7) is 6.60. The van der Waals surface area contributed by atoms with Gasteiger partial charge in [0, 0.05) is 11.6 Å². The van der Waals surface area contributed by atoms with Crippen LogP contribution >= 0.6 is 0 Å². The summed E-state index contributed by atoms with van der Waals surface area (Å²) < 4.78 is 4.94. The Hall–Kier alpha value is -0.800. The van der Waals surface area contributed by atoms with Crippen LogP contribution in [0, 0.1) is 0 Å². The molecule has 1 heterocycles. The molecule has 0 saturated heterocycles. The number of likely N-dealkylation sites (N-methyl/N-ethyl adjacent to an activating group) is 1. The Morgan fingerprint density at radius 1 is 1.69 bits per heavy atom. The van der Waals surface area contributed by atoms with E-state index in [4.69, 9.17) is 4.42 Å². The summed E-state index contributed by atoms with van der Waals surface area (Å²) in [6, 6.07) is 1.79. The van der Waals surface area contributed by atoms with Crippen LogP contribution in [0.25, 0.3) is 0 Å². The molecule has 0 bridgehead atoms. The maximum Gasteiger partial charge on any atom is 0.105 e. The Morgan fingerprint density at radius 2 is 2.38 bits per heavy atom. The van der Waals surface area contributed by atoms with E-state index in [1.807, 2.05) is 13.8 Å². The predicted octanol–water partition coefficient (Wildman–Crippen LogP) is 1.49. The van der Waals surface area contributed by atoms with Gasteiger partial charge < -0.3 is 14.8 Å². The van der Waals surface area contributed by atoms with Crippen molar-refractivity contribution in [1.82, 2.24) is 5.32 Å². The van der Waals surface area contributed by atoms with Crippen LogP contribution in [-0.2, 0) is 5.60 Å². The Morgan fingerprint density at radius 3 is 2.85 bits per heavy atom. The molecule has 3 nitrogen and oxygen atoms in total. The standard InChI is InChI=1S/C10H17NO2/c1-4-11-8(2)10(3,12)9-5-6-13-7-9/h5-8,11-12H,4H2,1-3H3. The summed E-state index contributed by atoms with van der Waals surface area (Å²) in [6.07, 6.45) is 3.15. The highest BCUT2D eigenvalue weighted by Gasteiger charge is 2.30. The highest BCUT2D eigenvalue weighted by molar-refractivity contribution is 5.17. The molecule has 1 aromatic heterocycles. The summed E-state index contributed by atoms with van der Waals surface area (Å²) in [5.41, 5.74) is -0.0656. The van der Waals surface area contributed by atoms with Crippen molar-refractivity contribution in [1.29, 1.82) is 0 Å². The monoisotopic (exact) mass is 183 g/mol. The van der Waals surface area contributed by atoms with Gasteiger partial charge in [0.05, 0.1) is 12.5 Å². The van der Waals surface area contributed by atoms with E-state index in [9.17, 15) is 5.11 Å². The van der Waals surface area contributed by atoms with Crippen molar-refractivity contribution in [3.8, 4) is 0 Å². The van der Waals surface area contributed by atoms with E-state index >= 15 is 0 Å². The summed E-state index contributed by atoms with van der Waals surface area (Å²) in [7, 11) is 0. The second-order valence-electron chi connectivity index (χ2n) is 3.44. The van der Waals surface area contributed by atoms with Gasteiger partial charge in [0.15, 0.2) is 0 Å². The molecule has 0 spiro atoms. The third kappa shape index (κ3) is 2.11. The van der Waals surface area contributed by atoms with Gasteiger partial charge in [0.2, 0.25) is 0 Å². The molecule has 2 N–H and O–H groups in total. The molecule has 0 aromatic carbocycles. The van der Waals surface area contributed by atoms with Crippen molar-refractivity contribution in [3.05, 3.63) is 24.2 Å². The SMILES string of the molecule is CCNC(C)C(C)(O)c1ccoc1. The average molecular weight is 183 g/mol. The zero-order valence-electron chi connectivity index (χ0n) is 8.37. The van der Waals surface area contributed by atoms with Gasteiger partial charge in [0.1, 0.15) is 5.60 Å². The minimum absolute atomic E-state index is 0.00935. The van der Waals surface area contributed by atoms with Gasteiger partial charge in [-0.1, -0.05) is 6.92 Å². The Balaban J connectivity index is 2.76. The minimum Gasteiger partial charge on any atom is -0.472 e. The van der Waals surface area contributed by atoms with E-state index in [1.165, 1.54) is 0 Å². The smallest absolute Gasteiger partial charge is 0.105 e. The minimum atomic E-state index is -0.872. The largest absolute Gasteiger partial charge is 0.472 e. The lowest BCUT2D eigenvalue weighted by Gasteiger charge is -2.29. The molecule has 2 unspecified atom stereocenters. The average Bonchev–Trinajstić information content (AvgIpc) is 2.56. The molecule has 2 atom stereocenters. The molecule has 0 saturated carbocycles. The molecule has 1 aromatic rings. The van der Waals surface area contributed by atoms with E-state index in [0.29, 0.717) is 0 Å². The fraction of sp³-hybridized carbons (Fsp3) is 0.600. The Kier molecular flexibility index (Phi) is 3.12. The second kappa shape index (κ2) is 3.94. The summed E-state index contributed by atoms with van der Waals surface area (Å²) in [4.78, 5) is 0. The second-order valence-corrected chi connectivity index (χ2v) is 3.44. The maximum absolute atomic E-state index is 10.2. The van der Waals surface area contributed by atoms with Crippen molar-refractivity contribution in [2.75, 3.05) is 6.54 Å². The van der Waals surface area contributed by atoms with Crippen LogP contribution in [0.4, 0.5) is 0 Å². The lowest BCUT2D eigenvalue weighted by molar-refractivity contribution is 0.0216. The molecule has 0 aliphatic heterocycles. The van der Waals surface area contributed by atoms with Crippen molar-refractivity contribution < 1.29 is 9.52 Å². The molecule has 0 aliphatic rings. The van der Waals surface area contributed by atoms with Gasteiger partial charge in [-0.15, -0.1) is 0 Å². The van der Waals surface area contributed by atoms with Crippen LogP contribution in [0.1, 0.15) is 26.3 Å². The van der Waals surface area contributed by atoms with Gasteiger partial charge in [-0.2, -0.15) is 0 Å². The first-order chi connectivity index (χ1) is 6.09. The van der Waals surface area contributed by atoms with Crippen molar-refractivity contribution in [3.63, 3.8) is 0 Å². The van der Waals surface area contributed by atoms with Crippen molar-refractivity contribution >= 4 is 0 Å². The molecule has 0 radical (unpaired) electrons. The molecule has 0 amide bonds. The first kappa shape index (κ1) is 10.3. The van der Waals surface area contributed by atoms with Crippen LogP contribution in [0.2, 0.25) is 0 Å². The first-order valence-electron chi connectivity index (χ1n) is 4.57. The summed E-state index contributed by atoms with van der Waals surface area (Å²) >= 11 is 0. The molecule has 3 heteroatoms. The van der Waals surface area contributed by atoms with Crippen LogP contribution in [0.3, 0.4) is 0 Å². The maximum atomic E-state index is 10.2. The van der Waals surface area contributed by atoms with E-state index in [0.717, 1.165) is 12.1 Å². The highest BCUT2D eigenvalue weighted by atomic mass is 16.3. The molecular weight excluding hydrogens is 166 g/mol. The lowest BCUT2D eigenvalue weighted by atomic mass is 9.91. The molecule has 13 heavy (non-hydrogen) atoms. The molecule has 0 fully saturated rings. The topological polar surface area (TPSA) is 45.4 Å². The van der Waals surface area contributed by atoms with Gasteiger partial charge in [-0.25, -0.2) is 0 Å². The van der Waals surface area contributed by atoms with E-state index < -0.39 is 5.60 Å². The first-order valence-corrected chi connectivity index (χ1v) is 4.57. The van der Waals surface area contributed by atoms with E-state index in [2.05, 4.69) is 5.32 Å². The molecule has 0 aliphatic carbocycles. The van der Waals surface area contributed by atoms with Crippen LogP contribution in [0.5, 0.6) is 0 Å². The number of hydrogen-bond donors (Lipinski definition) is 2. The normalized spacial score (nSPS) is 18.2. The van der Waals surface area contributed by atoms with E-state index in [-0.39, 0.29) is 6.04 Å². The number of hydrogen-bond acceptors (Lipinski definition) is 3. The molecular formula is C10H17NO2.